The van der Waals surface area contributed by atoms with Crippen molar-refractivity contribution >= 4 is 39.3 Å². The number of hydrogen-bond donors (Lipinski definition) is 2. The number of Topliss-reactive ketones (excluding diaryl/α,β-unsaturated/α-hetero) is 1. The van der Waals surface area contributed by atoms with Crippen LogP contribution in [0.4, 0.5) is 4.39 Å². The van der Waals surface area contributed by atoms with Crippen LogP contribution in [0.25, 0.3) is 5.76 Å². The van der Waals surface area contributed by atoms with Crippen molar-refractivity contribution in [1.29, 1.82) is 0 Å². The van der Waals surface area contributed by atoms with Crippen molar-refractivity contribution in [3.05, 3.63) is 75.5 Å². The summed E-state index contributed by atoms with van der Waals surface area (Å²) in [6.07, 6.45) is -0.0375. The van der Waals surface area contributed by atoms with Gasteiger partial charge in [0.25, 0.3) is 11.7 Å². The van der Waals surface area contributed by atoms with Crippen LogP contribution in [0.3, 0.4) is 0 Å². The average molecular weight is 462 g/mol. The Balaban J connectivity index is 2.08. The Morgan fingerprint density at radius 3 is 2.24 bits per heavy atom. The van der Waals surface area contributed by atoms with Gasteiger partial charge in [-0.2, -0.15) is 0 Å². The molecule has 1 aliphatic heterocycles. The third kappa shape index (κ3) is 4.37. The number of aliphatic hydroxyl groups is 1. The number of ketones is 1. The fourth-order valence-electron chi connectivity index (χ4n) is 3.27. The Labute approximate surface area is 174 Å². The van der Waals surface area contributed by atoms with Crippen LogP contribution >= 0.6 is 15.9 Å². The number of aliphatic hydroxyl groups excluding tert-OH is 1. The summed E-state index contributed by atoms with van der Waals surface area (Å²) < 4.78 is 14.2. The summed E-state index contributed by atoms with van der Waals surface area (Å²) in [6, 6.07) is 10.9. The minimum absolute atomic E-state index is 0.00995. The molecule has 0 radical (unpaired) electrons. The Kier molecular flexibility index (Phi) is 6.12. The molecule has 0 spiro atoms. The molecule has 1 amide bonds. The zero-order chi connectivity index (χ0) is 21.1. The maximum absolute atomic E-state index is 13.4. The topological polar surface area (TPSA) is 94.9 Å². The van der Waals surface area contributed by atoms with Crippen LogP contribution < -0.4 is 0 Å². The van der Waals surface area contributed by atoms with Crippen molar-refractivity contribution in [3.63, 3.8) is 0 Å². The predicted molar refractivity (Wildman–Crippen MR) is 106 cm³/mol. The van der Waals surface area contributed by atoms with E-state index in [0.717, 1.165) is 4.47 Å². The van der Waals surface area contributed by atoms with Crippen molar-refractivity contribution in [2.24, 2.45) is 0 Å². The second-order valence-electron chi connectivity index (χ2n) is 6.55. The van der Waals surface area contributed by atoms with Crippen molar-refractivity contribution < 1.29 is 29.0 Å². The number of nitrogens with zero attached hydrogens (tertiary/aromatic N) is 1. The largest absolute Gasteiger partial charge is 0.507 e. The molecule has 8 heteroatoms. The number of carbonyl (C=O) groups is 3. The van der Waals surface area contributed by atoms with Gasteiger partial charge < -0.3 is 15.1 Å². The third-order valence-corrected chi connectivity index (χ3v) is 5.16. The third-order valence-electron chi connectivity index (χ3n) is 4.63. The van der Waals surface area contributed by atoms with Crippen LogP contribution in [0.1, 0.15) is 30.0 Å². The van der Waals surface area contributed by atoms with E-state index in [0.29, 0.717) is 11.1 Å². The summed E-state index contributed by atoms with van der Waals surface area (Å²) in [5.41, 5.74) is 0.683. The highest BCUT2D eigenvalue weighted by Gasteiger charge is 2.45. The van der Waals surface area contributed by atoms with Crippen LogP contribution in [-0.4, -0.2) is 39.3 Å². The lowest BCUT2D eigenvalue weighted by atomic mass is 9.95. The molecule has 0 aromatic heterocycles. The standard InChI is InChI=1S/C21H17BrFNO5/c22-14-7-3-13(4-8-14)19(27)17-18(12-5-9-15(23)10-6-12)24(21(29)20(17)28)11-1-2-16(25)26/h3-10,18,27H,1-2,11H2,(H,25,26)/b19-17+. The fourth-order valence-corrected chi connectivity index (χ4v) is 3.53. The van der Waals surface area contributed by atoms with Crippen LogP contribution in [0.15, 0.2) is 58.6 Å². The fraction of sp³-hybridized carbons (Fsp3) is 0.190. The number of carbonyl (C=O) groups excluding carboxylic acids is 2. The van der Waals surface area contributed by atoms with Gasteiger partial charge in [0.1, 0.15) is 11.6 Å². The molecule has 1 saturated heterocycles. The maximum Gasteiger partial charge on any atom is 0.303 e. The Bertz CT molecular complexity index is 985. The van der Waals surface area contributed by atoms with Crippen molar-refractivity contribution in [2.75, 3.05) is 6.54 Å². The lowest BCUT2D eigenvalue weighted by Crippen LogP contribution is -2.31. The second-order valence-corrected chi connectivity index (χ2v) is 7.46. The van der Waals surface area contributed by atoms with E-state index in [1.54, 1.807) is 24.3 Å². The van der Waals surface area contributed by atoms with Crippen LogP contribution in [-0.2, 0) is 14.4 Å². The van der Waals surface area contributed by atoms with E-state index in [4.69, 9.17) is 5.11 Å². The first-order valence-electron chi connectivity index (χ1n) is 8.81. The van der Waals surface area contributed by atoms with Gasteiger partial charge >= 0.3 is 5.97 Å². The molecule has 2 aromatic carbocycles. The van der Waals surface area contributed by atoms with E-state index in [1.807, 2.05) is 0 Å². The van der Waals surface area contributed by atoms with E-state index < -0.39 is 29.5 Å². The van der Waals surface area contributed by atoms with Gasteiger partial charge in [-0.15, -0.1) is 0 Å². The summed E-state index contributed by atoms with van der Waals surface area (Å²) in [5, 5.41) is 19.7. The Morgan fingerprint density at radius 1 is 1.03 bits per heavy atom. The van der Waals surface area contributed by atoms with Gasteiger partial charge in [0.05, 0.1) is 11.6 Å². The molecule has 2 aromatic rings. The molecule has 1 atom stereocenters. The molecule has 1 heterocycles. The molecule has 1 unspecified atom stereocenters. The summed E-state index contributed by atoms with van der Waals surface area (Å²) in [6.45, 7) is 0.00995. The van der Waals surface area contributed by atoms with Gasteiger partial charge in [-0.05, 0) is 36.2 Å². The molecule has 1 fully saturated rings. The molecule has 3 rings (SSSR count). The molecule has 6 nitrogen and oxygen atoms in total. The highest BCUT2D eigenvalue weighted by Crippen LogP contribution is 2.39. The molecule has 2 N–H and O–H groups in total. The monoisotopic (exact) mass is 461 g/mol. The molecule has 1 aliphatic rings. The first kappa shape index (κ1) is 20.7. The quantitative estimate of drug-likeness (QED) is 0.386. The van der Waals surface area contributed by atoms with E-state index in [1.165, 1.54) is 29.2 Å². The zero-order valence-electron chi connectivity index (χ0n) is 15.1. The number of hydrogen-bond acceptors (Lipinski definition) is 4. The van der Waals surface area contributed by atoms with Gasteiger partial charge in [0.15, 0.2) is 0 Å². The summed E-state index contributed by atoms with van der Waals surface area (Å²) >= 11 is 3.29. The van der Waals surface area contributed by atoms with Crippen LogP contribution in [0, 0.1) is 5.82 Å². The smallest absolute Gasteiger partial charge is 0.303 e. The van der Waals surface area contributed by atoms with Gasteiger partial charge in [0, 0.05) is 23.0 Å². The SMILES string of the molecule is O=C(O)CCCN1C(=O)C(=O)/C(=C(/O)c2ccc(Br)cc2)C1c1ccc(F)cc1. The Morgan fingerprint density at radius 2 is 1.66 bits per heavy atom. The first-order valence-corrected chi connectivity index (χ1v) is 9.60. The molecule has 0 bridgehead atoms. The zero-order valence-corrected chi connectivity index (χ0v) is 16.7. The van der Waals surface area contributed by atoms with E-state index in [2.05, 4.69) is 15.9 Å². The first-order chi connectivity index (χ1) is 13.8. The highest BCUT2D eigenvalue weighted by atomic mass is 79.9. The maximum atomic E-state index is 13.4. The van der Waals surface area contributed by atoms with E-state index in [9.17, 15) is 23.9 Å². The summed E-state index contributed by atoms with van der Waals surface area (Å²) in [4.78, 5) is 37.4. The number of amides is 1. The normalized spacial score (nSPS) is 18.3. The lowest BCUT2D eigenvalue weighted by Gasteiger charge is -2.25. The number of likely N-dealkylation sites (tertiary alicyclic amines) is 1. The van der Waals surface area contributed by atoms with Crippen molar-refractivity contribution in [1.82, 2.24) is 4.90 Å². The van der Waals surface area contributed by atoms with Gasteiger partial charge in [0.2, 0.25) is 0 Å². The number of halogens is 2. The Hall–Kier alpha value is -3.00. The second kappa shape index (κ2) is 8.57. The average Bonchev–Trinajstić information content (AvgIpc) is 2.93. The molecule has 0 aliphatic carbocycles. The molecule has 150 valence electrons. The number of benzene rings is 2. The molecule has 29 heavy (non-hydrogen) atoms. The number of aliphatic carboxylic acids is 1. The molecular formula is C21H17BrFNO5. The minimum atomic E-state index is -1.02. The molecule has 0 saturated carbocycles. The van der Waals surface area contributed by atoms with Gasteiger partial charge in [-0.25, -0.2) is 4.39 Å². The van der Waals surface area contributed by atoms with Crippen LogP contribution in [0.5, 0.6) is 0 Å². The van der Waals surface area contributed by atoms with E-state index in [-0.39, 0.29) is 30.7 Å². The minimum Gasteiger partial charge on any atom is -0.507 e. The van der Waals surface area contributed by atoms with Crippen LogP contribution in [0.2, 0.25) is 0 Å². The number of carboxylic acid groups (broad SMARTS) is 1. The summed E-state index contributed by atoms with van der Waals surface area (Å²) in [5.74, 6) is -3.54. The number of carboxylic acids is 1. The van der Waals surface area contributed by atoms with Gasteiger partial charge in [-0.1, -0.05) is 40.2 Å². The van der Waals surface area contributed by atoms with Crippen molar-refractivity contribution in [2.45, 2.75) is 18.9 Å². The number of rotatable bonds is 6. The van der Waals surface area contributed by atoms with Gasteiger partial charge in [-0.3, -0.25) is 14.4 Å². The van der Waals surface area contributed by atoms with E-state index >= 15 is 0 Å². The van der Waals surface area contributed by atoms with Crippen molar-refractivity contribution in [3.8, 4) is 0 Å². The predicted octanol–water partition coefficient (Wildman–Crippen LogP) is 3.87. The lowest BCUT2D eigenvalue weighted by molar-refractivity contribution is -0.140. The highest BCUT2D eigenvalue weighted by molar-refractivity contribution is 9.10. The molecular weight excluding hydrogens is 445 g/mol. The summed E-state index contributed by atoms with van der Waals surface area (Å²) in [7, 11) is 0.